The van der Waals surface area contributed by atoms with Crippen LogP contribution in [0.5, 0.6) is 0 Å². The second kappa shape index (κ2) is 8.17. The minimum absolute atomic E-state index is 0.0838. The summed E-state index contributed by atoms with van der Waals surface area (Å²) in [7, 11) is 0. The molecule has 2 aromatic rings. The molecule has 3 aliphatic rings. The first-order valence-electron chi connectivity index (χ1n) is 11.2. The van der Waals surface area contributed by atoms with Crippen LogP contribution in [0.2, 0.25) is 0 Å². The predicted octanol–water partition coefficient (Wildman–Crippen LogP) is 5.44. The minimum Gasteiger partial charge on any atom is -0.378 e. The molecule has 0 bridgehead atoms. The molecule has 1 fully saturated rings. The number of nitrogens with one attached hydrogen (secondary N) is 1. The summed E-state index contributed by atoms with van der Waals surface area (Å²) in [6, 6.07) is 13.0. The topological polar surface area (TPSA) is 75.5 Å². The lowest BCUT2D eigenvalue weighted by Crippen LogP contribution is -2.33. The number of benzene rings is 2. The molecule has 160 valence electrons. The largest absolute Gasteiger partial charge is 0.378 e. The Bertz CT molecular complexity index is 1020. The molecule has 0 aromatic heterocycles. The number of nitro groups is 1. The van der Waals surface area contributed by atoms with E-state index in [0.717, 1.165) is 49.2 Å². The van der Waals surface area contributed by atoms with Gasteiger partial charge >= 0.3 is 0 Å². The third-order valence-corrected chi connectivity index (χ3v) is 6.97. The van der Waals surface area contributed by atoms with Crippen molar-refractivity contribution in [2.75, 3.05) is 18.4 Å². The van der Waals surface area contributed by atoms with E-state index in [9.17, 15) is 14.9 Å². The number of nitro benzene ring substituents is 1. The third kappa shape index (κ3) is 3.71. The summed E-state index contributed by atoms with van der Waals surface area (Å²) in [5.41, 5.74) is 4.16. The van der Waals surface area contributed by atoms with Crippen molar-refractivity contribution in [2.45, 2.75) is 44.1 Å². The summed E-state index contributed by atoms with van der Waals surface area (Å²) in [5.74, 6) is 0.714. The zero-order valence-electron chi connectivity index (χ0n) is 17.5. The first kappa shape index (κ1) is 19.8. The van der Waals surface area contributed by atoms with E-state index >= 15 is 0 Å². The minimum atomic E-state index is -0.365. The predicted molar refractivity (Wildman–Crippen MR) is 120 cm³/mol. The van der Waals surface area contributed by atoms with E-state index in [1.807, 2.05) is 29.2 Å². The highest BCUT2D eigenvalue weighted by Crippen LogP contribution is 2.50. The summed E-state index contributed by atoms with van der Waals surface area (Å²) in [4.78, 5) is 25.8. The SMILES string of the molecule is O=C(c1ccc2c(c1)[C@H]1C=CC[C@@H]1[C@@H](c1ccc([N+](=O)[O-])cc1)N2)N1CCCCCC1. The summed E-state index contributed by atoms with van der Waals surface area (Å²) < 4.78 is 0. The molecule has 1 N–H and O–H groups in total. The van der Waals surface area contributed by atoms with Gasteiger partial charge in [0.25, 0.3) is 11.6 Å². The first-order valence-corrected chi connectivity index (χ1v) is 11.2. The van der Waals surface area contributed by atoms with Crippen molar-refractivity contribution in [1.82, 2.24) is 4.90 Å². The molecule has 0 spiro atoms. The van der Waals surface area contributed by atoms with Crippen LogP contribution in [0.3, 0.4) is 0 Å². The van der Waals surface area contributed by atoms with Crippen LogP contribution in [0.15, 0.2) is 54.6 Å². The van der Waals surface area contributed by atoms with Gasteiger partial charge in [0, 0.05) is 42.4 Å². The van der Waals surface area contributed by atoms with Crippen LogP contribution in [0.4, 0.5) is 11.4 Å². The number of allylic oxidation sites excluding steroid dienone is 2. The fourth-order valence-corrected chi connectivity index (χ4v) is 5.32. The number of anilines is 1. The summed E-state index contributed by atoms with van der Waals surface area (Å²) in [5, 5.41) is 14.7. The molecule has 2 heterocycles. The molecule has 1 saturated heterocycles. The molecule has 2 aliphatic heterocycles. The maximum absolute atomic E-state index is 13.1. The van der Waals surface area contributed by atoms with Crippen LogP contribution >= 0.6 is 0 Å². The Labute approximate surface area is 182 Å². The van der Waals surface area contributed by atoms with Crippen molar-refractivity contribution in [3.05, 3.63) is 81.4 Å². The van der Waals surface area contributed by atoms with Crippen LogP contribution in [0.1, 0.15) is 65.5 Å². The van der Waals surface area contributed by atoms with E-state index < -0.39 is 0 Å². The third-order valence-electron chi connectivity index (χ3n) is 6.97. The standard InChI is InChI=1S/C25H27N3O3/c29-25(27-14-3-1-2-4-15-27)18-10-13-23-22(16-18)20-6-5-7-21(20)24(26-23)17-8-11-19(12-9-17)28(30)31/h5-6,8-13,16,20-21,24,26H,1-4,7,14-15H2/t20-,21-,24+/m0/s1. The number of carbonyl (C=O) groups is 1. The molecule has 2 aromatic carbocycles. The summed E-state index contributed by atoms with van der Waals surface area (Å²) in [6.07, 6.45) is 10.00. The Hall–Kier alpha value is -3.15. The Balaban J connectivity index is 1.43. The number of fused-ring (bicyclic) bond motifs is 3. The van der Waals surface area contributed by atoms with Gasteiger partial charge in [-0.05, 0) is 54.5 Å². The fourth-order valence-electron chi connectivity index (χ4n) is 5.32. The van der Waals surface area contributed by atoms with Crippen LogP contribution in [0, 0.1) is 16.0 Å². The maximum atomic E-state index is 13.1. The van der Waals surface area contributed by atoms with E-state index in [1.54, 1.807) is 12.1 Å². The summed E-state index contributed by atoms with van der Waals surface area (Å²) in [6.45, 7) is 1.70. The Morgan fingerprint density at radius 1 is 1.03 bits per heavy atom. The lowest BCUT2D eigenvalue weighted by molar-refractivity contribution is -0.384. The molecule has 3 atom stereocenters. The zero-order valence-corrected chi connectivity index (χ0v) is 17.5. The van der Waals surface area contributed by atoms with Gasteiger partial charge in [-0.3, -0.25) is 14.9 Å². The second-order valence-electron chi connectivity index (χ2n) is 8.83. The van der Waals surface area contributed by atoms with Gasteiger partial charge in [-0.1, -0.05) is 37.1 Å². The quantitative estimate of drug-likeness (QED) is 0.410. The van der Waals surface area contributed by atoms with E-state index in [1.165, 1.54) is 18.4 Å². The number of likely N-dealkylation sites (tertiary alicyclic amines) is 1. The number of non-ortho nitro benzene ring substituents is 1. The molecule has 1 amide bonds. The number of amides is 1. The molecule has 0 saturated carbocycles. The fraction of sp³-hybridized carbons (Fsp3) is 0.400. The van der Waals surface area contributed by atoms with Crippen LogP contribution in [-0.4, -0.2) is 28.8 Å². The number of carbonyl (C=O) groups excluding carboxylic acids is 1. The molecule has 1 aliphatic carbocycles. The van der Waals surface area contributed by atoms with Gasteiger partial charge in [0.1, 0.15) is 0 Å². The maximum Gasteiger partial charge on any atom is 0.269 e. The monoisotopic (exact) mass is 417 g/mol. The number of hydrogen-bond acceptors (Lipinski definition) is 4. The van der Waals surface area contributed by atoms with Crippen molar-refractivity contribution in [3.63, 3.8) is 0 Å². The number of hydrogen-bond donors (Lipinski definition) is 1. The highest BCUT2D eigenvalue weighted by molar-refractivity contribution is 5.95. The molecule has 5 rings (SSSR count). The van der Waals surface area contributed by atoms with E-state index in [4.69, 9.17) is 0 Å². The summed E-state index contributed by atoms with van der Waals surface area (Å²) >= 11 is 0. The lowest BCUT2D eigenvalue weighted by atomic mass is 9.76. The molecule has 6 nitrogen and oxygen atoms in total. The van der Waals surface area contributed by atoms with Gasteiger partial charge in [-0.2, -0.15) is 0 Å². The molecular weight excluding hydrogens is 390 g/mol. The van der Waals surface area contributed by atoms with Crippen molar-refractivity contribution in [3.8, 4) is 0 Å². The zero-order chi connectivity index (χ0) is 21.4. The Morgan fingerprint density at radius 2 is 1.77 bits per heavy atom. The van der Waals surface area contributed by atoms with E-state index in [2.05, 4.69) is 23.5 Å². The van der Waals surface area contributed by atoms with Gasteiger partial charge in [-0.25, -0.2) is 0 Å². The average Bonchev–Trinajstić information content (AvgIpc) is 3.13. The van der Waals surface area contributed by atoms with Crippen molar-refractivity contribution >= 4 is 17.3 Å². The number of rotatable bonds is 3. The molecule has 0 radical (unpaired) electrons. The normalized spacial score (nSPS) is 24.6. The Kier molecular flexibility index (Phi) is 5.22. The number of nitrogens with zero attached hydrogens (tertiary/aromatic N) is 2. The molecular formula is C25H27N3O3. The lowest BCUT2D eigenvalue weighted by Gasteiger charge is -2.37. The molecule has 0 unspecified atom stereocenters. The van der Waals surface area contributed by atoms with Gasteiger partial charge in [0.05, 0.1) is 11.0 Å². The van der Waals surface area contributed by atoms with Crippen LogP contribution < -0.4 is 5.32 Å². The van der Waals surface area contributed by atoms with Gasteiger partial charge in [-0.15, -0.1) is 0 Å². The smallest absolute Gasteiger partial charge is 0.269 e. The highest BCUT2D eigenvalue weighted by atomic mass is 16.6. The Morgan fingerprint density at radius 3 is 2.48 bits per heavy atom. The van der Waals surface area contributed by atoms with Gasteiger partial charge in [0.15, 0.2) is 0 Å². The van der Waals surface area contributed by atoms with Crippen LogP contribution in [0.25, 0.3) is 0 Å². The van der Waals surface area contributed by atoms with Crippen molar-refractivity contribution in [2.24, 2.45) is 5.92 Å². The highest BCUT2D eigenvalue weighted by Gasteiger charge is 2.38. The van der Waals surface area contributed by atoms with Gasteiger partial charge in [0.2, 0.25) is 0 Å². The molecule has 31 heavy (non-hydrogen) atoms. The average molecular weight is 418 g/mol. The van der Waals surface area contributed by atoms with Crippen molar-refractivity contribution in [1.29, 1.82) is 0 Å². The van der Waals surface area contributed by atoms with E-state index in [0.29, 0.717) is 5.92 Å². The first-order chi connectivity index (χ1) is 15.1. The second-order valence-corrected chi connectivity index (χ2v) is 8.83. The van der Waals surface area contributed by atoms with Crippen LogP contribution in [-0.2, 0) is 0 Å². The van der Waals surface area contributed by atoms with Gasteiger partial charge < -0.3 is 10.2 Å². The van der Waals surface area contributed by atoms with E-state index in [-0.39, 0.29) is 28.5 Å². The molecule has 6 heteroatoms. The van der Waals surface area contributed by atoms with Crippen molar-refractivity contribution < 1.29 is 9.72 Å².